The van der Waals surface area contributed by atoms with Gasteiger partial charge in [0.2, 0.25) is 17.6 Å². The van der Waals surface area contributed by atoms with E-state index in [1.807, 2.05) is 0 Å². The monoisotopic (exact) mass is 327 g/mol. The van der Waals surface area contributed by atoms with E-state index in [2.05, 4.69) is 10.4 Å². The summed E-state index contributed by atoms with van der Waals surface area (Å²) >= 11 is 12.1. The van der Waals surface area contributed by atoms with E-state index in [4.69, 9.17) is 23.2 Å². The largest absolute Gasteiger partial charge is 0.493 e. The van der Waals surface area contributed by atoms with Gasteiger partial charge in [0.15, 0.2) is 0 Å². The van der Waals surface area contributed by atoms with Crippen LogP contribution < -0.4 is 5.32 Å². The van der Waals surface area contributed by atoms with E-state index in [-0.39, 0.29) is 38.6 Å². The molecule has 0 unspecified atom stereocenters. The standard InChI is InChI=1S/C13H11Cl2N3O3/c1-6(19)17-11-9(14)4-3-7(10(11)15)12(20)8-5-16-18(2)13(8)21/h3-5,21H,1-2H3,(H,17,19). The Bertz CT molecular complexity index is 741. The van der Waals surface area contributed by atoms with Crippen LogP contribution in [0.1, 0.15) is 22.8 Å². The molecule has 6 nitrogen and oxygen atoms in total. The molecule has 2 aromatic rings. The summed E-state index contributed by atoms with van der Waals surface area (Å²) < 4.78 is 1.16. The number of nitrogens with one attached hydrogen (secondary N) is 1. The molecule has 8 heteroatoms. The quantitative estimate of drug-likeness (QED) is 0.849. The molecule has 2 rings (SSSR count). The van der Waals surface area contributed by atoms with E-state index in [1.54, 1.807) is 0 Å². The maximum Gasteiger partial charge on any atom is 0.221 e. The van der Waals surface area contributed by atoms with E-state index < -0.39 is 5.78 Å². The first kappa shape index (κ1) is 15.3. The number of aromatic hydroxyl groups is 1. The first-order valence-corrected chi connectivity index (χ1v) is 6.59. The van der Waals surface area contributed by atoms with Gasteiger partial charge >= 0.3 is 0 Å². The highest BCUT2D eigenvalue weighted by molar-refractivity contribution is 6.42. The molecular weight excluding hydrogens is 317 g/mol. The Labute approximate surface area is 130 Å². The summed E-state index contributed by atoms with van der Waals surface area (Å²) in [7, 11) is 1.50. The molecule has 1 heterocycles. The van der Waals surface area contributed by atoms with Gasteiger partial charge in [-0.2, -0.15) is 5.10 Å². The number of hydrogen-bond donors (Lipinski definition) is 2. The number of hydrogen-bond acceptors (Lipinski definition) is 4. The summed E-state index contributed by atoms with van der Waals surface area (Å²) in [6.45, 7) is 1.30. The molecule has 21 heavy (non-hydrogen) atoms. The third kappa shape index (κ3) is 2.86. The Kier molecular flexibility index (Phi) is 4.20. The zero-order chi connectivity index (χ0) is 15.7. The van der Waals surface area contributed by atoms with E-state index in [9.17, 15) is 14.7 Å². The number of aromatic nitrogens is 2. The molecule has 0 aliphatic carbocycles. The molecule has 0 saturated heterocycles. The lowest BCUT2D eigenvalue weighted by molar-refractivity contribution is -0.114. The van der Waals surface area contributed by atoms with Gasteiger partial charge in [-0.1, -0.05) is 23.2 Å². The van der Waals surface area contributed by atoms with Gasteiger partial charge in [-0.3, -0.25) is 9.59 Å². The summed E-state index contributed by atoms with van der Waals surface area (Å²) in [5.41, 5.74) is 0.267. The minimum absolute atomic E-state index is 0.00551. The summed E-state index contributed by atoms with van der Waals surface area (Å²) in [6.07, 6.45) is 1.24. The van der Waals surface area contributed by atoms with E-state index in [0.29, 0.717) is 0 Å². The first-order valence-electron chi connectivity index (χ1n) is 5.84. The minimum Gasteiger partial charge on any atom is -0.493 e. The first-order chi connectivity index (χ1) is 9.82. The van der Waals surface area contributed by atoms with Crippen LogP contribution in [-0.2, 0) is 11.8 Å². The highest BCUT2D eigenvalue weighted by atomic mass is 35.5. The van der Waals surface area contributed by atoms with Gasteiger partial charge in [0.05, 0.1) is 21.9 Å². The third-order valence-corrected chi connectivity index (χ3v) is 3.50. The Balaban J connectivity index is 2.52. The lowest BCUT2D eigenvalue weighted by Gasteiger charge is -2.11. The number of halogens is 2. The van der Waals surface area contributed by atoms with Crippen LogP contribution in [-0.4, -0.2) is 26.6 Å². The highest BCUT2D eigenvalue weighted by Gasteiger charge is 2.22. The summed E-state index contributed by atoms with van der Waals surface area (Å²) in [5, 5.41) is 16.2. The van der Waals surface area contributed by atoms with Gasteiger partial charge in [0, 0.05) is 19.5 Å². The fourth-order valence-corrected chi connectivity index (χ4v) is 2.31. The topological polar surface area (TPSA) is 84.2 Å². The van der Waals surface area contributed by atoms with Crippen LogP contribution >= 0.6 is 23.2 Å². The molecule has 1 aromatic heterocycles. The summed E-state index contributed by atoms with van der Waals surface area (Å²) in [4.78, 5) is 23.6. The number of aryl methyl sites for hydroxylation is 1. The van der Waals surface area contributed by atoms with Crippen molar-refractivity contribution in [3.63, 3.8) is 0 Å². The molecule has 110 valence electrons. The summed E-state index contributed by atoms with van der Waals surface area (Å²) in [5.74, 6) is -1.16. The molecule has 0 atom stereocenters. The highest BCUT2D eigenvalue weighted by Crippen LogP contribution is 2.35. The number of ketones is 1. The molecule has 0 saturated carbocycles. The number of carbonyl (C=O) groups is 2. The fraction of sp³-hybridized carbons (Fsp3) is 0.154. The number of anilines is 1. The maximum atomic E-state index is 12.4. The van der Waals surface area contributed by atoms with Crippen molar-refractivity contribution in [3.8, 4) is 5.88 Å². The van der Waals surface area contributed by atoms with E-state index in [1.165, 1.54) is 32.3 Å². The zero-order valence-electron chi connectivity index (χ0n) is 11.1. The van der Waals surface area contributed by atoms with Crippen molar-refractivity contribution in [3.05, 3.63) is 39.5 Å². The van der Waals surface area contributed by atoms with Crippen molar-refractivity contribution in [2.75, 3.05) is 5.32 Å². The van der Waals surface area contributed by atoms with Gasteiger partial charge in [-0.05, 0) is 12.1 Å². The lowest BCUT2D eigenvalue weighted by atomic mass is 10.0. The van der Waals surface area contributed by atoms with Crippen LogP contribution in [0.25, 0.3) is 0 Å². The van der Waals surface area contributed by atoms with E-state index in [0.717, 1.165) is 4.68 Å². The molecule has 1 aromatic carbocycles. The van der Waals surface area contributed by atoms with Crippen molar-refractivity contribution >= 4 is 40.6 Å². The van der Waals surface area contributed by atoms with Crippen molar-refractivity contribution in [1.82, 2.24) is 9.78 Å². The second-order valence-corrected chi connectivity index (χ2v) is 5.08. The van der Waals surface area contributed by atoms with Gasteiger partial charge in [-0.15, -0.1) is 0 Å². The van der Waals surface area contributed by atoms with Gasteiger partial charge in [0.25, 0.3) is 0 Å². The number of benzene rings is 1. The minimum atomic E-state index is -0.520. The van der Waals surface area contributed by atoms with Gasteiger partial charge in [-0.25, -0.2) is 4.68 Å². The molecule has 0 aliphatic rings. The molecule has 0 bridgehead atoms. The Morgan fingerprint density at radius 2 is 1.95 bits per heavy atom. The Morgan fingerprint density at radius 3 is 2.48 bits per heavy atom. The lowest BCUT2D eigenvalue weighted by Crippen LogP contribution is -2.09. The zero-order valence-corrected chi connectivity index (χ0v) is 12.7. The van der Waals surface area contributed by atoms with Gasteiger partial charge < -0.3 is 10.4 Å². The average Bonchev–Trinajstić information content (AvgIpc) is 2.74. The van der Waals surface area contributed by atoms with Crippen LogP contribution in [0.15, 0.2) is 18.3 Å². The SMILES string of the molecule is CC(=O)Nc1c(Cl)ccc(C(=O)c2cnn(C)c2O)c1Cl. The molecule has 0 spiro atoms. The van der Waals surface area contributed by atoms with Crippen LogP contribution in [0.4, 0.5) is 5.69 Å². The smallest absolute Gasteiger partial charge is 0.221 e. The second kappa shape index (κ2) is 5.75. The molecule has 0 radical (unpaired) electrons. The van der Waals surface area contributed by atoms with Crippen LogP contribution in [0.5, 0.6) is 5.88 Å². The second-order valence-electron chi connectivity index (χ2n) is 4.30. The molecular formula is C13H11Cl2N3O3. The van der Waals surface area contributed by atoms with Crippen molar-refractivity contribution < 1.29 is 14.7 Å². The molecule has 2 N–H and O–H groups in total. The number of nitrogens with zero attached hydrogens (tertiary/aromatic N) is 2. The predicted octanol–water partition coefficient (Wildman–Crippen LogP) is 2.62. The Morgan fingerprint density at radius 1 is 1.29 bits per heavy atom. The van der Waals surface area contributed by atoms with Gasteiger partial charge in [0.1, 0.15) is 5.56 Å². The van der Waals surface area contributed by atoms with Crippen LogP contribution in [0.3, 0.4) is 0 Å². The molecule has 0 fully saturated rings. The van der Waals surface area contributed by atoms with Crippen molar-refractivity contribution in [2.24, 2.45) is 7.05 Å². The van der Waals surface area contributed by atoms with Crippen LogP contribution in [0, 0.1) is 0 Å². The molecule has 0 aliphatic heterocycles. The van der Waals surface area contributed by atoms with Crippen LogP contribution in [0.2, 0.25) is 10.0 Å². The number of rotatable bonds is 3. The third-order valence-electron chi connectivity index (χ3n) is 2.79. The maximum absolute atomic E-state index is 12.4. The number of carbonyl (C=O) groups excluding carboxylic acids is 2. The Hall–Kier alpha value is -2.05. The van der Waals surface area contributed by atoms with Crippen molar-refractivity contribution in [2.45, 2.75) is 6.92 Å². The van der Waals surface area contributed by atoms with E-state index >= 15 is 0 Å². The predicted molar refractivity (Wildman–Crippen MR) is 79.1 cm³/mol. The average molecular weight is 328 g/mol. The van der Waals surface area contributed by atoms with Crippen molar-refractivity contribution in [1.29, 1.82) is 0 Å². The normalized spacial score (nSPS) is 10.5. The summed E-state index contributed by atoms with van der Waals surface area (Å²) in [6, 6.07) is 2.87. The molecule has 1 amide bonds. The fourth-order valence-electron chi connectivity index (χ4n) is 1.75. The number of amides is 1.